The van der Waals surface area contributed by atoms with Crippen LogP contribution >= 0.6 is 11.8 Å². The monoisotopic (exact) mass is 322 g/mol. The Balaban J connectivity index is 1.57. The smallest absolute Gasteiger partial charge is 0.317 e. The van der Waals surface area contributed by atoms with Crippen molar-refractivity contribution in [1.82, 2.24) is 10.2 Å². The number of hydrogen-bond acceptors (Lipinski definition) is 2. The van der Waals surface area contributed by atoms with Crippen LogP contribution in [0.15, 0.2) is 24.3 Å². The average molecular weight is 322 g/mol. The molecule has 3 nitrogen and oxygen atoms in total. The minimum absolute atomic E-state index is 0.0571. The first kappa shape index (κ1) is 15.7. The third-order valence-electron chi connectivity index (χ3n) is 4.56. The van der Waals surface area contributed by atoms with Gasteiger partial charge in [-0.05, 0) is 25.3 Å². The predicted octanol–water partition coefficient (Wildman–Crippen LogP) is 3.96. The van der Waals surface area contributed by atoms with E-state index in [0.29, 0.717) is 12.6 Å². The number of amides is 2. The van der Waals surface area contributed by atoms with Crippen LogP contribution in [-0.2, 0) is 0 Å². The van der Waals surface area contributed by atoms with E-state index < -0.39 is 0 Å². The minimum atomic E-state index is -0.135. The van der Waals surface area contributed by atoms with Crippen LogP contribution < -0.4 is 5.32 Å². The van der Waals surface area contributed by atoms with Gasteiger partial charge in [0.1, 0.15) is 5.82 Å². The maximum Gasteiger partial charge on any atom is 0.317 e. The number of carbonyl (C=O) groups is 1. The topological polar surface area (TPSA) is 32.3 Å². The highest BCUT2D eigenvalue weighted by atomic mass is 32.2. The Morgan fingerprint density at radius 2 is 1.95 bits per heavy atom. The molecule has 0 bridgehead atoms. The fourth-order valence-electron chi connectivity index (χ4n) is 3.29. The zero-order chi connectivity index (χ0) is 15.4. The van der Waals surface area contributed by atoms with Gasteiger partial charge < -0.3 is 10.2 Å². The van der Waals surface area contributed by atoms with Gasteiger partial charge in [-0.25, -0.2) is 9.18 Å². The molecule has 2 amide bonds. The summed E-state index contributed by atoms with van der Waals surface area (Å²) in [6.45, 7) is 1.44. The molecule has 1 atom stereocenters. The fourth-order valence-corrected chi connectivity index (χ4v) is 4.55. The number of thioether (sulfide) groups is 1. The van der Waals surface area contributed by atoms with Crippen LogP contribution in [0.1, 0.15) is 42.9 Å². The molecule has 0 spiro atoms. The lowest BCUT2D eigenvalue weighted by Crippen LogP contribution is -2.44. The standard InChI is InChI=1S/C17H23FN2OS/c18-15-8-4-3-7-14(15)16-9-10-20(11-12-22-16)17(21)19-13-5-1-2-6-13/h3-4,7-8,13,16H,1-2,5-6,9-12H2,(H,19,21). The van der Waals surface area contributed by atoms with Crippen molar-refractivity contribution in [2.24, 2.45) is 0 Å². The zero-order valence-electron chi connectivity index (χ0n) is 12.8. The van der Waals surface area contributed by atoms with Crippen LogP contribution in [-0.4, -0.2) is 35.8 Å². The molecule has 22 heavy (non-hydrogen) atoms. The summed E-state index contributed by atoms with van der Waals surface area (Å²) in [5, 5.41) is 3.29. The Morgan fingerprint density at radius 1 is 1.18 bits per heavy atom. The average Bonchev–Trinajstić information content (AvgIpc) is 2.90. The van der Waals surface area contributed by atoms with Crippen molar-refractivity contribution in [3.8, 4) is 0 Å². The normalized spacial score (nSPS) is 23.3. The lowest BCUT2D eigenvalue weighted by atomic mass is 10.1. The Labute approximate surface area is 135 Å². The quantitative estimate of drug-likeness (QED) is 0.894. The third kappa shape index (κ3) is 3.75. The van der Waals surface area contributed by atoms with Crippen molar-refractivity contribution in [2.75, 3.05) is 18.8 Å². The summed E-state index contributed by atoms with van der Waals surface area (Å²) < 4.78 is 13.9. The molecule has 1 aromatic rings. The second kappa shape index (κ2) is 7.36. The Hall–Kier alpha value is -1.23. The number of urea groups is 1. The van der Waals surface area contributed by atoms with Gasteiger partial charge in [0.15, 0.2) is 0 Å². The lowest BCUT2D eigenvalue weighted by molar-refractivity contribution is 0.197. The second-order valence-electron chi connectivity index (χ2n) is 6.09. The molecule has 2 aliphatic rings. The molecular weight excluding hydrogens is 299 g/mol. The van der Waals surface area contributed by atoms with Crippen LogP contribution in [0.5, 0.6) is 0 Å². The molecule has 1 saturated heterocycles. The number of carbonyl (C=O) groups excluding carboxylic acids is 1. The van der Waals surface area contributed by atoms with Crippen molar-refractivity contribution >= 4 is 17.8 Å². The third-order valence-corrected chi connectivity index (χ3v) is 5.87. The van der Waals surface area contributed by atoms with Gasteiger partial charge in [-0.2, -0.15) is 11.8 Å². The largest absolute Gasteiger partial charge is 0.335 e. The highest BCUT2D eigenvalue weighted by Crippen LogP contribution is 2.35. The van der Waals surface area contributed by atoms with Crippen molar-refractivity contribution in [3.05, 3.63) is 35.6 Å². The summed E-state index contributed by atoms with van der Waals surface area (Å²) in [5.41, 5.74) is 0.769. The number of benzene rings is 1. The molecular formula is C17H23FN2OS. The molecule has 1 aliphatic heterocycles. The lowest BCUT2D eigenvalue weighted by Gasteiger charge is -2.23. The molecule has 1 aromatic carbocycles. The van der Waals surface area contributed by atoms with Gasteiger partial charge in [0.2, 0.25) is 0 Å². The van der Waals surface area contributed by atoms with E-state index in [1.165, 1.54) is 18.9 Å². The van der Waals surface area contributed by atoms with Crippen molar-refractivity contribution < 1.29 is 9.18 Å². The van der Waals surface area contributed by atoms with Crippen LogP contribution in [0.4, 0.5) is 9.18 Å². The van der Waals surface area contributed by atoms with Gasteiger partial charge in [-0.15, -0.1) is 0 Å². The van der Waals surface area contributed by atoms with Crippen LogP contribution in [0, 0.1) is 5.82 Å². The molecule has 1 aliphatic carbocycles. The molecule has 0 aromatic heterocycles. The van der Waals surface area contributed by atoms with Gasteiger partial charge in [-0.3, -0.25) is 0 Å². The van der Waals surface area contributed by atoms with E-state index in [1.807, 2.05) is 17.0 Å². The fraction of sp³-hybridized carbons (Fsp3) is 0.588. The van der Waals surface area contributed by atoms with E-state index in [0.717, 1.165) is 37.1 Å². The van der Waals surface area contributed by atoms with Crippen LogP contribution in [0.3, 0.4) is 0 Å². The maximum atomic E-state index is 13.9. The molecule has 1 saturated carbocycles. The van der Waals surface area contributed by atoms with Crippen molar-refractivity contribution in [2.45, 2.75) is 43.4 Å². The van der Waals surface area contributed by atoms with Crippen molar-refractivity contribution in [3.63, 3.8) is 0 Å². The highest BCUT2D eigenvalue weighted by molar-refractivity contribution is 7.99. The Morgan fingerprint density at radius 3 is 2.73 bits per heavy atom. The first-order valence-electron chi connectivity index (χ1n) is 8.15. The molecule has 1 N–H and O–H groups in total. The first-order chi connectivity index (χ1) is 10.7. The summed E-state index contributed by atoms with van der Waals surface area (Å²) in [7, 11) is 0. The van der Waals surface area contributed by atoms with Gasteiger partial charge >= 0.3 is 6.03 Å². The molecule has 0 radical (unpaired) electrons. The summed E-state index contributed by atoms with van der Waals surface area (Å²) in [6, 6.07) is 7.40. The summed E-state index contributed by atoms with van der Waals surface area (Å²) in [4.78, 5) is 14.2. The van der Waals surface area contributed by atoms with Crippen molar-refractivity contribution in [1.29, 1.82) is 0 Å². The molecule has 2 fully saturated rings. The highest BCUT2D eigenvalue weighted by Gasteiger charge is 2.25. The number of nitrogens with zero attached hydrogens (tertiary/aromatic N) is 1. The minimum Gasteiger partial charge on any atom is -0.335 e. The van der Waals surface area contributed by atoms with E-state index in [4.69, 9.17) is 0 Å². The van der Waals surface area contributed by atoms with E-state index in [2.05, 4.69) is 5.32 Å². The number of hydrogen-bond donors (Lipinski definition) is 1. The Kier molecular flexibility index (Phi) is 5.24. The first-order valence-corrected chi connectivity index (χ1v) is 9.20. The molecule has 1 unspecified atom stereocenters. The van der Waals surface area contributed by atoms with E-state index in [9.17, 15) is 9.18 Å². The van der Waals surface area contributed by atoms with Gasteiger partial charge in [0, 0.05) is 35.7 Å². The SMILES string of the molecule is O=C(NC1CCCC1)N1CCSC(c2ccccc2F)CC1. The second-order valence-corrected chi connectivity index (χ2v) is 7.40. The molecule has 5 heteroatoms. The molecule has 120 valence electrons. The summed E-state index contributed by atoms with van der Waals surface area (Å²) in [6.07, 6.45) is 5.45. The summed E-state index contributed by atoms with van der Waals surface area (Å²) >= 11 is 1.75. The van der Waals surface area contributed by atoms with E-state index >= 15 is 0 Å². The molecule has 1 heterocycles. The zero-order valence-corrected chi connectivity index (χ0v) is 13.6. The Bertz CT molecular complexity index is 519. The molecule has 3 rings (SSSR count). The number of rotatable bonds is 2. The van der Waals surface area contributed by atoms with E-state index in [-0.39, 0.29) is 17.1 Å². The van der Waals surface area contributed by atoms with Crippen LogP contribution in [0.2, 0.25) is 0 Å². The van der Waals surface area contributed by atoms with E-state index in [1.54, 1.807) is 17.8 Å². The van der Waals surface area contributed by atoms with Gasteiger partial charge in [-0.1, -0.05) is 31.0 Å². The number of halogens is 1. The maximum absolute atomic E-state index is 13.9. The number of nitrogens with one attached hydrogen (secondary N) is 1. The van der Waals surface area contributed by atoms with Gasteiger partial charge in [0.25, 0.3) is 0 Å². The summed E-state index contributed by atoms with van der Waals surface area (Å²) in [5.74, 6) is 0.723. The predicted molar refractivity (Wildman–Crippen MR) is 88.6 cm³/mol. The van der Waals surface area contributed by atoms with Crippen LogP contribution in [0.25, 0.3) is 0 Å². The van der Waals surface area contributed by atoms with Gasteiger partial charge in [0.05, 0.1) is 0 Å².